The van der Waals surface area contributed by atoms with Gasteiger partial charge in [0.05, 0.1) is 0 Å². The van der Waals surface area contributed by atoms with E-state index in [2.05, 4.69) is 10.3 Å². The topological polar surface area (TPSA) is 65.2 Å². The molecule has 0 saturated heterocycles. The maximum atomic E-state index is 9.14. The van der Waals surface area contributed by atoms with E-state index < -0.39 is 0 Å². The third kappa shape index (κ3) is 3.50. The quantitative estimate of drug-likeness (QED) is 0.388. The standard InChI is InChI=1S/C14H12N2O2.Pd/c17-15-13(11-7-3-1-4-8-11)14(16-18)12-9-5-2-6-10-12;/h1-10,17-18H;. The van der Waals surface area contributed by atoms with Gasteiger partial charge in [0.2, 0.25) is 0 Å². The van der Waals surface area contributed by atoms with Gasteiger partial charge in [0.15, 0.2) is 0 Å². The zero-order chi connectivity index (χ0) is 12.8. The van der Waals surface area contributed by atoms with Crippen LogP contribution >= 0.6 is 0 Å². The van der Waals surface area contributed by atoms with Crippen molar-refractivity contribution in [2.75, 3.05) is 0 Å². The molecule has 0 aliphatic carbocycles. The van der Waals surface area contributed by atoms with Crippen molar-refractivity contribution in [3.05, 3.63) is 71.8 Å². The number of rotatable bonds is 3. The molecule has 0 spiro atoms. The summed E-state index contributed by atoms with van der Waals surface area (Å²) in [5.41, 5.74) is 1.81. The Hall–Kier alpha value is -1.96. The smallest absolute Gasteiger partial charge is 0.139 e. The zero-order valence-electron chi connectivity index (χ0n) is 9.88. The van der Waals surface area contributed by atoms with E-state index in [1.807, 2.05) is 36.4 Å². The average Bonchev–Trinajstić information content (AvgIpc) is 2.46. The minimum absolute atomic E-state index is 0. The summed E-state index contributed by atoms with van der Waals surface area (Å²) in [6.45, 7) is 0. The van der Waals surface area contributed by atoms with Crippen LogP contribution in [0.2, 0.25) is 0 Å². The van der Waals surface area contributed by atoms with E-state index in [1.54, 1.807) is 24.3 Å². The summed E-state index contributed by atoms with van der Waals surface area (Å²) in [7, 11) is 0. The van der Waals surface area contributed by atoms with Gasteiger partial charge in [-0.1, -0.05) is 71.0 Å². The van der Waals surface area contributed by atoms with E-state index in [4.69, 9.17) is 10.4 Å². The third-order valence-corrected chi connectivity index (χ3v) is 2.52. The summed E-state index contributed by atoms with van der Waals surface area (Å²) in [6.07, 6.45) is 0. The summed E-state index contributed by atoms with van der Waals surface area (Å²) >= 11 is 0. The normalized spacial score (nSPS) is 11.8. The predicted molar refractivity (Wildman–Crippen MR) is 69.5 cm³/mol. The Labute approximate surface area is 124 Å². The number of hydrogen-bond acceptors (Lipinski definition) is 4. The zero-order valence-corrected chi connectivity index (χ0v) is 11.4. The van der Waals surface area contributed by atoms with Crippen LogP contribution in [0.5, 0.6) is 0 Å². The van der Waals surface area contributed by atoms with Gasteiger partial charge < -0.3 is 10.4 Å². The molecule has 4 nitrogen and oxygen atoms in total. The molecule has 2 N–H and O–H groups in total. The number of nitrogens with zero attached hydrogens (tertiary/aromatic N) is 2. The number of benzene rings is 2. The van der Waals surface area contributed by atoms with Crippen molar-refractivity contribution in [2.24, 2.45) is 10.3 Å². The van der Waals surface area contributed by atoms with Crippen molar-refractivity contribution in [1.29, 1.82) is 0 Å². The molecule has 0 heterocycles. The van der Waals surface area contributed by atoms with E-state index in [1.165, 1.54) is 0 Å². The van der Waals surface area contributed by atoms with Gasteiger partial charge in [-0.2, -0.15) is 0 Å². The Bertz CT molecular complexity index is 515. The molecular formula is C14H12N2O2Pd. The van der Waals surface area contributed by atoms with E-state index in [0.717, 1.165) is 0 Å². The number of hydrogen-bond donors (Lipinski definition) is 2. The van der Waals surface area contributed by atoms with Gasteiger partial charge >= 0.3 is 0 Å². The van der Waals surface area contributed by atoms with Gasteiger partial charge in [0, 0.05) is 31.5 Å². The predicted octanol–water partition coefficient (Wildman–Crippen LogP) is 2.74. The second kappa shape index (κ2) is 7.47. The van der Waals surface area contributed by atoms with Crippen LogP contribution in [0.3, 0.4) is 0 Å². The second-order valence-electron chi connectivity index (χ2n) is 3.63. The van der Waals surface area contributed by atoms with Crippen molar-refractivity contribution in [3.8, 4) is 0 Å². The van der Waals surface area contributed by atoms with Crippen LogP contribution in [0.25, 0.3) is 0 Å². The van der Waals surface area contributed by atoms with Crippen molar-refractivity contribution in [3.63, 3.8) is 0 Å². The summed E-state index contributed by atoms with van der Waals surface area (Å²) < 4.78 is 0. The van der Waals surface area contributed by atoms with Crippen molar-refractivity contribution < 1.29 is 30.8 Å². The van der Waals surface area contributed by atoms with E-state index in [0.29, 0.717) is 11.1 Å². The van der Waals surface area contributed by atoms with Gasteiger partial charge in [-0.05, 0) is 0 Å². The van der Waals surface area contributed by atoms with E-state index in [9.17, 15) is 0 Å². The van der Waals surface area contributed by atoms with Crippen LogP contribution in [0.15, 0.2) is 71.0 Å². The van der Waals surface area contributed by atoms with Crippen molar-refractivity contribution >= 4 is 11.4 Å². The van der Waals surface area contributed by atoms with Crippen LogP contribution in [0, 0.1) is 0 Å². The molecule has 0 radical (unpaired) electrons. The van der Waals surface area contributed by atoms with Crippen LogP contribution < -0.4 is 0 Å². The monoisotopic (exact) mass is 346 g/mol. The Kier molecular flexibility index (Phi) is 5.94. The SMILES string of the molecule is ON=C(C(=NO)c1ccccc1)c1ccccc1.[Pd]. The molecule has 0 fully saturated rings. The summed E-state index contributed by atoms with van der Waals surface area (Å²) in [5, 5.41) is 24.7. The molecule has 0 unspecified atom stereocenters. The Morgan fingerprint density at radius 2 is 0.947 bits per heavy atom. The molecule has 0 aliphatic rings. The van der Waals surface area contributed by atoms with Gasteiger partial charge in [0.1, 0.15) is 11.4 Å². The first kappa shape index (κ1) is 15.1. The van der Waals surface area contributed by atoms with Crippen LogP contribution in [0.4, 0.5) is 0 Å². The first-order valence-electron chi connectivity index (χ1n) is 5.42. The molecule has 0 amide bonds. The molecule has 0 saturated carbocycles. The van der Waals surface area contributed by atoms with Gasteiger partial charge in [-0.3, -0.25) is 0 Å². The van der Waals surface area contributed by atoms with Gasteiger partial charge in [0.25, 0.3) is 0 Å². The largest absolute Gasteiger partial charge is 0.410 e. The second-order valence-corrected chi connectivity index (χ2v) is 3.63. The number of oxime groups is 2. The summed E-state index contributed by atoms with van der Waals surface area (Å²) in [5.74, 6) is 0. The van der Waals surface area contributed by atoms with Crippen LogP contribution in [0.1, 0.15) is 11.1 Å². The van der Waals surface area contributed by atoms with Crippen LogP contribution in [-0.4, -0.2) is 21.8 Å². The Balaban J connectivity index is 0.00000180. The molecule has 0 aromatic heterocycles. The molecule has 100 valence electrons. The molecular weight excluding hydrogens is 335 g/mol. The van der Waals surface area contributed by atoms with Crippen LogP contribution in [-0.2, 0) is 20.4 Å². The first-order valence-corrected chi connectivity index (χ1v) is 5.42. The molecule has 0 bridgehead atoms. The molecule has 2 rings (SSSR count). The average molecular weight is 347 g/mol. The molecule has 0 aliphatic heterocycles. The molecule has 5 heteroatoms. The Morgan fingerprint density at radius 1 is 0.632 bits per heavy atom. The fraction of sp³-hybridized carbons (Fsp3) is 0. The molecule has 19 heavy (non-hydrogen) atoms. The van der Waals surface area contributed by atoms with Crippen molar-refractivity contribution in [1.82, 2.24) is 0 Å². The molecule has 2 aromatic rings. The summed E-state index contributed by atoms with van der Waals surface area (Å²) in [4.78, 5) is 0. The van der Waals surface area contributed by atoms with Gasteiger partial charge in [-0.15, -0.1) is 0 Å². The fourth-order valence-corrected chi connectivity index (χ4v) is 1.68. The third-order valence-electron chi connectivity index (χ3n) is 2.52. The maximum Gasteiger partial charge on any atom is 0.139 e. The van der Waals surface area contributed by atoms with E-state index >= 15 is 0 Å². The molecule has 2 aromatic carbocycles. The van der Waals surface area contributed by atoms with Gasteiger partial charge in [-0.25, -0.2) is 0 Å². The minimum atomic E-state index is 0. The summed E-state index contributed by atoms with van der Waals surface area (Å²) in [6, 6.07) is 18.1. The van der Waals surface area contributed by atoms with Crippen molar-refractivity contribution in [2.45, 2.75) is 0 Å². The fourth-order valence-electron chi connectivity index (χ4n) is 1.68. The molecule has 0 atom stereocenters. The maximum absolute atomic E-state index is 9.14. The Morgan fingerprint density at radius 3 is 1.21 bits per heavy atom. The first-order chi connectivity index (χ1) is 8.86. The van der Waals surface area contributed by atoms with E-state index in [-0.39, 0.29) is 31.8 Å². The minimum Gasteiger partial charge on any atom is -0.410 e.